The Morgan fingerprint density at radius 3 is 2.48 bits per heavy atom. The summed E-state index contributed by atoms with van der Waals surface area (Å²) in [5.74, 6) is -0.935. The maximum Gasteiger partial charge on any atom is 0.241 e. The van der Waals surface area contributed by atoms with Crippen molar-refractivity contribution in [3.63, 3.8) is 0 Å². The smallest absolute Gasteiger partial charge is 0.241 e. The molecule has 0 fully saturated rings. The quantitative estimate of drug-likeness (QED) is 0.684. The van der Waals surface area contributed by atoms with Gasteiger partial charge in [-0.2, -0.15) is 0 Å². The Morgan fingerprint density at radius 1 is 1.24 bits per heavy atom. The monoisotopic (exact) mass is 418 g/mol. The van der Waals surface area contributed by atoms with Gasteiger partial charge in [0, 0.05) is 24.4 Å². The highest BCUT2D eigenvalue weighted by Gasteiger charge is 2.39. The van der Waals surface area contributed by atoms with Crippen LogP contribution in [0.2, 0.25) is 0 Å². The summed E-state index contributed by atoms with van der Waals surface area (Å²) < 4.78 is 5.38. The fourth-order valence-electron chi connectivity index (χ4n) is 3.00. The average Bonchev–Trinajstić information content (AvgIpc) is 3.15. The molecule has 0 spiro atoms. The molecule has 3 amide bonds. The fourth-order valence-corrected chi connectivity index (χ4v) is 3.54. The number of anilines is 2. The lowest BCUT2D eigenvalue weighted by Gasteiger charge is -2.38. The lowest BCUT2D eigenvalue weighted by Crippen LogP contribution is -2.55. The number of hydrogen-bond acceptors (Lipinski definition) is 6. The predicted octanol–water partition coefficient (Wildman–Crippen LogP) is 2.80. The van der Waals surface area contributed by atoms with E-state index in [2.05, 4.69) is 10.3 Å². The lowest BCUT2D eigenvalue weighted by molar-refractivity contribution is -0.127. The highest BCUT2D eigenvalue weighted by molar-refractivity contribution is 7.13. The molecule has 0 aliphatic rings. The molecule has 1 aromatic carbocycles. The van der Waals surface area contributed by atoms with Crippen LogP contribution in [0.3, 0.4) is 0 Å². The second-order valence-electron chi connectivity index (χ2n) is 7.49. The van der Waals surface area contributed by atoms with E-state index in [0.717, 1.165) is 0 Å². The standard InChI is InChI=1S/C20H26N4O4S/c1-20(2,3)17(18(21)27)24(13-7-5-6-8-14(13)28-4)16(26)10-9-15(25)23-19-22-11-12-29-19/h5-8,11-12,17H,9-10H2,1-4H3,(H2,21,27)(H,22,23,25). The predicted molar refractivity (Wildman–Crippen MR) is 113 cm³/mol. The van der Waals surface area contributed by atoms with Crippen LogP contribution in [0.15, 0.2) is 35.8 Å². The van der Waals surface area contributed by atoms with Crippen LogP contribution in [0.1, 0.15) is 33.6 Å². The van der Waals surface area contributed by atoms with Crippen molar-refractivity contribution in [1.82, 2.24) is 4.98 Å². The molecular weight excluding hydrogens is 392 g/mol. The number of hydrogen-bond donors (Lipinski definition) is 2. The lowest BCUT2D eigenvalue weighted by atomic mass is 9.84. The molecule has 29 heavy (non-hydrogen) atoms. The molecule has 0 bridgehead atoms. The van der Waals surface area contributed by atoms with E-state index in [1.165, 1.54) is 23.3 Å². The van der Waals surface area contributed by atoms with Crippen LogP contribution < -0.4 is 20.7 Å². The molecule has 0 aliphatic carbocycles. The van der Waals surface area contributed by atoms with Gasteiger partial charge in [0.1, 0.15) is 11.8 Å². The normalized spacial score (nSPS) is 12.1. The van der Waals surface area contributed by atoms with E-state index >= 15 is 0 Å². The summed E-state index contributed by atoms with van der Waals surface area (Å²) in [4.78, 5) is 43.0. The number of nitrogens with two attached hydrogens (primary N) is 1. The zero-order valence-electron chi connectivity index (χ0n) is 17.0. The number of primary amides is 1. The number of carbonyl (C=O) groups is 3. The van der Waals surface area contributed by atoms with Gasteiger partial charge in [-0.1, -0.05) is 32.9 Å². The van der Waals surface area contributed by atoms with Crippen LogP contribution >= 0.6 is 11.3 Å². The maximum atomic E-state index is 13.2. The summed E-state index contributed by atoms with van der Waals surface area (Å²) in [6, 6.07) is 5.98. The van der Waals surface area contributed by atoms with Gasteiger partial charge in [0.25, 0.3) is 0 Å². The number of benzene rings is 1. The first-order valence-corrected chi connectivity index (χ1v) is 9.97. The number of aromatic nitrogens is 1. The highest BCUT2D eigenvalue weighted by Crippen LogP contribution is 2.35. The Labute approximate surface area is 174 Å². The van der Waals surface area contributed by atoms with Crippen molar-refractivity contribution in [2.45, 2.75) is 39.7 Å². The molecule has 3 N–H and O–H groups in total. The average molecular weight is 419 g/mol. The van der Waals surface area contributed by atoms with E-state index in [-0.39, 0.29) is 18.7 Å². The van der Waals surface area contributed by atoms with Crippen molar-refractivity contribution >= 4 is 39.9 Å². The first-order chi connectivity index (χ1) is 13.6. The number of carbonyl (C=O) groups excluding carboxylic acids is 3. The number of methoxy groups -OCH3 is 1. The van der Waals surface area contributed by atoms with Crippen molar-refractivity contribution in [3.05, 3.63) is 35.8 Å². The molecule has 2 rings (SSSR count). The molecule has 1 aromatic heterocycles. The van der Waals surface area contributed by atoms with E-state index in [9.17, 15) is 14.4 Å². The summed E-state index contributed by atoms with van der Waals surface area (Å²) in [5, 5.41) is 4.85. The number of nitrogens with zero attached hydrogens (tertiary/aromatic N) is 2. The van der Waals surface area contributed by atoms with Gasteiger partial charge in [-0.25, -0.2) is 4.98 Å². The zero-order valence-corrected chi connectivity index (χ0v) is 17.8. The third-order valence-corrected chi connectivity index (χ3v) is 4.89. The van der Waals surface area contributed by atoms with Gasteiger partial charge >= 0.3 is 0 Å². The molecular formula is C20H26N4O4S. The van der Waals surface area contributed by atoms with E-state index in [1.807, 2.05) is 20.8 Å². The van der Waals surface area contributed by atoms with Crippen LogP contribution in [0.25, 0.3) is 0 Å². The first kappa shape index (κ1) is 22.4. The van der Waals surface area contributed by atoms with Gasteiger partial charge in [-0.3, -0.25) is 19.3 Å². The second kappa shape index (κ2) is 9.51. The van der Waals surface area contributed by atoms with Crippen molar-refractivity contribution < 1.29 is 19.1 Å². The second-order valence-corrected chi connectivity index (χ2v) is 8.39. The van der Waals surface area contributed by atoms with E-state index < -0.39 is 23.3 Å². The Bertz CT molecular complexity index is 862. The van der Waals surface area contributed by atoms with E-state index in [4.69, 9.17) is 10.5 Å². The first-order valence-electron chi connectivity index (χ1n) is 9.09. The van der Waals surface area contributed by atoms with Crippen molar-refractivity contribution in [1.29, 1.82) is 0 Å². The Kier molecular flexibility index (Phi) is 7.33. The molecule has 8 nitrogen and oxygen atoms in total. The van der Waals surface area contributed by atoms with Gasteiger partial charge in [-0.05, 0) is 17.5 Å². The molecule has 2 aromatic rings. The number of para-hydroxylation sites is 2. The van der Waals surface area contributed by atoms with Crippen LogP contribution in [-0.2, 0) is 14.4 Å². The molecule has 156 valence electrons. The molecule has 1 unspecified atom stereocenters. The zero-order chi connectivity index (χ0) is 21.6. The van der Waals surface area contributed by atoms with Gasteiger partial charge in [0.15, 0.2) is 5.13 Å². The number of nitrogens with one attached hydrogen (secondary N) is 1. The molecule has 9 heteroatoms. The van der Waals surface area contributed by atoms with Gasteiger partial charge in [-0.15, -0.1) is 11.3 Å². The molecule has 1 heterocycles. The molecule has 0 aliphatic heterocycles. The number of rotatable bonds is 8. The largest absolute Gasteiger partial charge is 0.495 e. The van der Waals surface area contributed by atoms with Crippen LogP contribution in [0.5, 0.6) is 5.75 Å². The summed E-state index contributed by atoms with van der Waals surface area (Å²) in [7, 11) is 1.49. The van der Waals surface area contributed by atoms with Crippen LogP contribution in [0.4, 0.5) is 10.8 Å². The fraction of sp³-hybridized carbons (Fsp3) is 0.400. The Balaban J connectivity index is 2.30. The number of ether oxygens (including phenoxy) is 1. The van der Waals surface area contributed by atoms with Crippen molar-refractivity contribution in [3.8, 4) is 5.75 Å². The van der Waals surface area contributed by atoms with E-state index in [0.29, 0.717) is 16.6 Å². The van der Waals surface area contributed by atoms with E-state index in [1.54, 1.807) is 35.8 Å². The number of thiazole rings is 1. The summed E-state index contributed by atoms with van der Waals surface area (Å²) in [6.07, 6.45) is 1.42. The third kappa shape index (κ3) is 5.77. The molecule has 0 saturated heterocycles. The van der Waals surface area contributed by atoms with Gasteiger partial charge in [0.05, 0.1) is 12.8 Å². The minimum absolute atomic E-state index is 0.0559. The minimum atomic E-state index is -0.923. The minimum Gasteiger partial charge on any atom is -0.495 e. The number of amides is 3. The molecule has 1 atom stereocenters. The van der Waals surface area contributed by atoms with Crippen LogP contribution in [0, 0.1) is 5.41 Å². The third-order valence-electron chi connectivity index (χ3n) is 4.21. The Morgan fingerprint density at radius 2 is 1.93 bits per heavy atom. The van der Waals surface area contributed by atoms with Crippen molar-refractivity contribution in [2.24, 2.45) is 11.1 Å². The summed E-state index contributed by atoms with van der Waals surface area (Å²) in [5.41, 5.74) is 5.47. The summed E-state index contributed by atoms with van der Waals surface area (Å²) in [6.45, 7) is 5.48. The molecule has 0 saturated carbocycles. The SMILES string of the molecule is COc1ccccc1N(C(=O)CCC(=O)Nc1nccs1)C(C(N)=O)C(C)(C)C. The Hall–Kier alpha value is -2.94. The summed E-state index contributed by atoms with van der Waals surface area (Å²) >= 11 is 1.29. The van der Waals surface area contributed by atoms with Gasteiger partial charge < -0.3 is 15.8 Å². The topological polar surface area (TPSA) is 115 Å². The van der Waals surface area contributed by atoms with Gasteiger partial charge in [0.2, 0.25) is 17.7 Å². The highest BCUT2D eigenvalue weighted by atomic mass is 32.1. The van der Waals surface area contributed by atoms with Crippen LogP contribution in [-0.4, -0.2) is 35.9 Å². The molecule has 0 radical (unpaired) electrons. The maximum absolute atomic E-state index is 13.2. The van der Waals surface area contributed by atoms with Crippen molar-refractivity contribution in [2.75, 3.05) is 17.3 Å².